The van der Waals surface area contributed by atoms with Gasteiger partial charge in [-0.25, -0.2) is 0 Å². The molecule has 0 bridgehead atoms. The number of para-hydroxylation sites is 1. The monoisotopic (exact) mass is 488 g/mol. The van der Waals surface area contributed by atoms with Gasteiger partial charge < -0.3 is 15.0 Å². The van der Waals surface area contributed by atoms with Crippen molar-refractivity contribution in [1.29, 1.82) is 0 Å². The fraction of sp³-hybridized carbons (Fsp3) is 0.440. The molecule has 0 spiro atoms. The van der Waals surface area contributed by atoms with Gasteiger partial charge in [-0.15, -0.1) is 0 Å². The van der Waals surface area contributed by atoms with E-state index >= 15 is 0 Å². The lowest BCUT2D eigenvalue weighted by molar-refractivity contribution is -0.142. The smallest absolute Gasteiger partial charge is 0.261 e. The van der Waals surface area contributed by atoms with Crippen LogP contribution in [0.15, 0.2) is 53.0 Å². The highest BCUT2D eigenvalue weighted by atomic mass is 79.9. The van der Waals surface area contributed by atoms with Crippen molar-refractivity contribution < 1.29 is 14.3 Å². The van der Waals surface area contributed by atoms with Gasteiger partial charge in [0.2, 0.25) is 5.91 Å². The molecule has 0 fully saturated rings. The first-order valence-electron chi connectivity index (χ1n) is 10.7. The number of rotatable bonds is 9. The molecule has 168 valence electrons. The van der Waals surface area contributed by atoms with E-state index in [1.807, 2.05) is 55.5 Å². The summed E-state index contributed by atoms with van der Waals surface area (Å²) in [5.41, 5.74) is 1.88. The SMILES string of the molecule is CCCNC(=O)[C@H](C)N(Cc1ccc(Br)cc1)C(=O)COc1ccccc1C(C)(C)C. The fourth-order valence-electron chi connectivity index (χ4n) is 3.20. The first-order valence-corrected chi connectivity index (χ1v) is 11.5. The molecule has 2 aromatic carbocycles. The Balaban J connectivity index is 2.19. The number of carbonyl (C=O) groups is 2. The average molecular weight is 489 g/mol. The third kappa shape index (κ3) is 7.39. The molecule has 2 rings (SSSR count). The van der Waals surface area contributed by atoms with Crippen LogP contribution >= 0.6 is 15.9 Å². The van der Waals surface area contributed by atoms with Crippen LogP contribution in [0.5, 0.6) is 5.75 Å². The molecule has 2 amide bonds. The summed E-state index contributed by atoms with van der Waals surface area (Å²) in [6.07, 6.45) is 0.839. The van der Waals surface area contributed by atoms with Crippen molar-refractivity contribution in [2.24, 2.45) is 0 Å². The first-order chi connectivity index (χ1) is 14.6. The van der Waals surface area contributed by atoms with Gasteiger partial charge in [0.05, 0.1) is 0 Å². The van der Waals surface area contributed by atoms with Crippen LogP contribution in [0.25, 0.3) is 0 Å². The summed E-state index contributed by atoms with van der Waals surface area (Å²) in [6.45, 7) is 10.9. The van der Waals surface area contributed by atoms with Gasteiger partial charge in [0.25, 0.3) is 5.91 Å². The van der Waals surface area contributed by atoms with E-state index in [0.717, 1.165) is 22.0 Å². The van der Waals surface area contributed by atoms with Crippen molar-refractivity contribution in [2.45, 2.75) is 59.0 Å². The highest BCUT2D eigenvalue weighted by molar-refractivity contribution is 9.10. The van der Waals surface area contributed by atoms with Gasteiger partial charge >= 0.3 is 0 Å². The van der Waals surface area contributed by atoms with Crippen LogP contribution in [0.2, 0.25) is 0 Å². The molecule has 2 aromatic rings. The Bertz CT molecular complexity index is 875. The summed E-state index contributed by atoms with van der Waals surface area (Å²) in [4.78, 5) is 27.4. The number of halogens is 1. The minimum atomic E-state index is -0.607. The topological polar surface area (TPSA) is 58.6 Å². The van der Waals surface area contributed by atoms with E-state index in [-0.39, 0.29) is 23.8 Å². The molecule has 0 radical (unpaired) electrons. The Kier molecular flexibility index (Phi) is 9.11. The van der Waals surface area contributed by atoms with E-state index in [9.17, 15) is 9.59 Å². The Morgan fingerprint density at radius 3 is 2.35 bits per heavy atom. The van der Waals surface area contributed by atoms with E-state index in [4.69, 9.17) is 4.74 Å². The molecule has 0 saturated carbocycles. The average Bonchev–Trinajstić information content (AvgIpc) is 2.74. The van der Waals surface area contributed by atoms with Gasteiger partial charge in [-0.2, -0.15) is 0 Å². The summed E-state index contributed by atoms with van der Waals surface area (Å²) in [5, 5.41) is 2.88. The maximum atomic E-state index is 13.2. The van der Waals surface area contributed by atoms with Crippen LogP contribution in [0.1, 0.15) is 52.2 Å². The third-order valence-electron chi connectivity index (χ3n) is 5.03. The van der Waals surface area contributed by atoms with Crippen molar-refractivity contribution in [3.63, 3.8) is 0 Å². The lowest BCUT2D eigenvalue weighted by Crippen LogP contribution is -2.49. The van der Waals surface area contributed by atoms with Crippen LogP contribution in [-0.4, -0.2) is 35.9 Å². The third-order valence-corrected chi connectivity index (χ3v) is 5.56. The van der Waals surface area contributed by atoms with Crippen molar-refractivity contribution in [1.82, 2.24) is 10.2 Å². The number of benzene rings is 2. The number of hydrogen-bond donors (Lipinski definition) is 1. The minimum absolute atomic E-state index is 0.107. The van der Waals surface area contributed by atoms with Crippen LogP contribution < -0.4 is 10.1 Å². The summed E-state index contributed by atoms with van der Waals surface area (Å²) >= 11 is 3.43. The Morgan fingerprint density at radius 1 is 1.10 bits per heavy atom. The maximum Gasteiger partial charge on any atom is 0.261 e. The predicted molar refractivity (Wildman–Crippen MR) is 128 cm³/mol. The molecule has 0 aliphatic carbocycles. The quantitative estimate of drug-likeness (QED) is 0.535. The molecule has 0 saturated heterocycles. The number of ether oxygens (including phenoxy) is 1. The highest BCUT2D eigenvalue weighted by Crippen LogP contribution is 2.31. The number of nitrogens with zero attached hydrogens (tertiary/aromatic N) is 1. The number of amides is 2. The van der Waals surface area contributed by atoms with Gasteiger partial charge in [0, 0.05) is 17.6 Å². The Hall–Kier alpha value is -2.34. The van der Waals surface area contributed by atoms with Gasteiger partial charge in [0.1, 0.15) is 11.8 Å². The summed E-state index contributed by atoms with van der Waals surface area (Å²) in [5.74, 6) is 0.295. The lowest BCUT2D eigenvalue weighted by atomic mass is 9.86. The zero-order chi connectivity index (χ0) is 23.0. The number of carbonyl (C=O) groups excluding carboxylic acids is 2. The second-order valence-electron chi connectivity index (χ2n) is 8.65. The number of nitrogens with one attached hydrogen (secondary N) is 1. The molecule has 0 aromatic heterocycles. The first kappa shape index (κ1) is 24.9. The van der Waals surface area contributed by atoms with Gasteiger partial charge in [-0.3, -0.25) is 9.59 Å². The van der Waals surface area contributed by atoms with Crippen LogP contribution in [-0.2, 0) is 21.5 Å². The molecule has 1 atom stereocenters. The Labute approximate surface area is 194 Å². The van der Waals surface area contributed by atoms with Crippen molar-refractivity contribution >= 4 is 27.7 Å². The van der Waals surface area contributed by atoms with E-state index in [0.29, 0.717) is 18.8 Å². The van der Waals surface area contributed by atoms with Crippen LogP contribution in [0.4, 0.5) is 0 Å². The van der Waals surface area contributed by atoms with E-state index in [1.165, 1.54) is 0 Å². The maximum absolute atomic E-state index is 13.2. The van der Waals surface area contributed by atoms with Crippen molar-refractivity contribution in [3.05, 3.63) is 64.1 Å². The zero-order valence-electron chi connectivity index (χ0n) is 19.1. The van der Waals surface area contributed by atoms with Gasteiger partial charge in [-0.05, 0) is 48.1 Å². The van der Waals surface area contributed by atoms with Crippen molar-refractivity contribution in [3.8, 4) is 5.75 Å². The standard InChI is InChI=1S/C25H33BrN2O3/c1-6-15-27-24(30)18(2)28(16-19-11-13-20(26)14-12-19)23(29)17-31-22-10-8-7-9-21(22)25(3,4)5/h7-14,18H,6,15-17H2,1-5H3,(H,27,30)/t18-/m0/s1. The van der Waals surface area contributed by atoms with E-state index in [2.05, 4.69) is 42.0 Å². The molecule has 0 unspecified atom stereocenters. The minimum Gasteiger partial charge on any atom is -0.483 e. The number of hydrogen-bond acceptors (Lipinski definition) is 3. The molecule has 0 aliphatic heterocycles. The summed E-state index contributed by atoms with van der Waals surface area (Å²) < 4.78 is 6.91. The fourth-order valence-corrected chi connectivity index (χ4v) is 3.46. The lowest BCUT2D eigenvalue weighted by Gasteiger charge is -2.29. The molecular weight excluding hydrogens is 456 g/mol. The van der Waals surface area contributed by atoms with Crippen LogP contribution in [0, 0.1) is 0 Å². The normalized spacial score (nSPS) is 12.2. The van der Waals surface area contributed by atoms with E-state index in [1.54, 1.807) is 11.8 Å². The highest BCUT2D eigenvalue weighted by Gasteiger charge is 2.27. The Morgan fingerprint density at radius 2 is 1.74 bits per heavy atom. The molecule has 6 heteroatoms. The van der Waals surface area contributed by atoms with Gasteiger partial charge in [0.15, 0.2) is 6.61 Å². The second-order valence-corrected chi connectivity index (χ2v) is 9.57. The molecular formula is C25H33BrN2O3. The predicted octanol–water partition coefficient (Wildman–Crippen LogP) is 5.07. The molecule has 1 N–H and O–H groups in total. The molecule has 0 aliphatic rings. The van der Waals surface area contributed by atoms with Gasteiger partial charge in [-0.1, -0.05) is 74.0 Å². The largest absolute Gasteiger partial charge is 0.483 e. The second kappa shape index (κ2) is 11.3. The summed E-state index contributed by atoms with van der Waals surface area (Å²) in [6, 6.07) is 14.9. The molecule has 5 nitrogen and oxygen atoms in total. The van der Waals surface area contributed by atoms with Crippen LogP contribution in [0.3, 0.4) is 0 Å². The van der Waals surface area contributed by atoms with Crippen molar-refractivity contribution in [2.75, 3.05) is 13.2 Å². The summed E-state index contributed by atoms with van der Waals surface area (Å²) in [7, 11) is 0. The van der Waals surface area contributed by atoms with E-state index < -0.39 is 6.04 Å². The molecule has 31 heavy (non-hydrogen) atoms. The zero-order valence-corrected chi connectivity index (χ0v) is 20.7. The molecule has 0 heterocycles.